The first-order valence-electron chi connectivity index (χ1n) is 4.21. The molecule has 0 atom stereocenters. The van der Waals surface area contributed by atoms with E-state index in [1.54, 1.807) is 0 Å². The highest BCUT2D eigenvalue weighted by Crippen LogP contribution is 2.21. The van der Waals surface area contributed by atoms with E-state index in [9.17, 15) is 4.79 Å². The van der Waals surface area contributed by atoms with Crippen molar-refractivity contribution in [2.75, 3.05) is 7.11 Å². The second kappa shape index (κ2) is 3.60. The Labute approximate surface area is 77.3 Å². The Morgan fingerprint density at radius 2 is 2.15 bits per heavy atom. The fourth-order valence-corrected chi connectivity index (χ4v) is 1.40. The van der Waals surface area contributed by atoms with Crippen LogP contribution < -0.4 is 0 Å². The summed E-state index contributed by atoms with van der Waals surface area (Å²) < 4.78 is 4.62. The van der Waals surface area contributed by atoms with Crippen LogP contribution in [0.25, 0.3) is 0 Å². The standard InChI is InChI=1S/C9H14N2O2/c1-5(2)7-6(3)10-11-8(7)9(12)13-4/h5H,1-4H3,(H,10,11). The van der Waals surface area contributed by atoms with Gasteiger partial charge in [-0.1, -0.05) is 13.8 Å². The number of H-pyrrole nitrogens is 1. The second-order valence-corrected chi connectivity index (χ2v) is 3.26. The van der Waals surface area contributed by atoms with Crippen molar-refractivity contribution in [1.29, 1.82) is 0 Å². The lowest BCUT2D eigenvalue weighted by atomic mass is 10.0. The van der Waals surface area contributed by atoms with E-state index in [1.807, 2.05) is 20.8 Å². The highest BCUT2D eigenvalue weighted by atomic mass is 16.5. The summed E-state index contributed by atoms with van der Waals surface area (Å²) in [7, 11) is 1.36. The number of hydrogen-bond acceptors (Lipinski definition) is 3. The van der Waals surface area contributed by atoms with Crippen LogP contribution in [0.5, 0.6) is 0 Å². The van der Waals surface area contributed by atoms with E-state index < -0.39 is 0 Å². The highest BCUT2D eigenvalue weighted by molar-refractivity contribution is 5.89. The lowest BCUT2D eigenvalue weighted by molar-refractivity contribution is 0.0592. The molecule has 0 bridgehead atoms. The summed E-state index contributed by atoms with van der Waals surface area (Å²) in [4.78, 5) is 11.2. The average Bonchev–Trinajstić information content (AvgIpc) is 2.45. The molecule has 0 aliphatic rings. The first-order chi connectivity index (χ1) is 6.07. The number of carbonyl (C=O) groups is 1. The van der Waals surface area contributed by atoms with Crippen LogP contribution in [0.3, 0.4) is 0 Å². The molecule has 0 saturated heterocycles. The van der Waals surface area contributed by atoms with E-state index >= 15 is 0 Å². The number of rotatable bonds is 2. The molecule has 0 aromatic carbocycles. The molecule has 1 aromatic rings. The predicted molar refractivity (Wildman–Crippen MR) is 48.8 cm³/mol. The summed E-state index contributed by atoms with van der Waals surface area (Å²) in [5.41, 5.74) is 2.26. The number of aromatic nitrogens is 2. The van der Waals surface area contributed by atoms with E-state index in [0.29, 0.717) is 5.69 Å². The third-order valence-corrected chi connectivity index (χ3v) is 1.95. The molecule has 0 unspecified atom stereocenters. The molecular formula is C9H14N2O2. The SMILES string of the molecule is COC(=O)c1n[nH]c(C)c1C(C)C. The normalized spacial score (nSPS) is 10.5. The van der Waals surface area contributed by atoms with Crippen molar-refractivity contribution in [3.8, 4) is 0 Å². The molecule has 1 N–H and O–H groups in total. The monoisotopic (exact) mass is 182 g/mol. The maximum atomic E-state index is 11.2. The Morgan fingerprint density at radius 3 is 2.62 bits per heavy atom. The molecule has 0 aliphatic carbocycles. The van der Waals surface area contributed by atoms with Crippen molar-refractivity contribution >= 4 is 5.97 Å². The number of ether oxygens (including phenoxy) is 1. The number of nitrogens with zero attached hydrogens (tertiary/aromatic N) is 1. The largest absolute Gasteiger partial charge is 0.464 e. The van der Waals surface area contributed by atoms with E-state index in [4.69, 9.17) is 0 Å². The van der Waals surface area contributed by atoms with Gasteiger partial charge in [0.2, 0.25) is 0 Å². The molecule has 72 valence electrons. The van der Waals surface area contributed by atoms with Gasteiger partial charge in [-0.15, -0.1) is 0 Å². The zero-order chi connectivity index (χ0) is 10.0. The Hall–Kier alpha value is -1.32. The quantitative estimate of drug-likeness (QED) is 0.707. The van der Waals surface area contributed by atoms with Crippen LogP contribution in [0.15, 0.2) is 0 Å². The van der Waals surface area contributed by atoms with Gasteiger partial charge >= 0.3 is 5.97 Å². The summed E-state index contributed by atoms with van der Waals surface area (Å²) in [6, 6.07) is 0. The fraction of sp³-hybridized carbons (Fsp3) is 0.556. The van der Waals surface area contributed by atoms with Crippen molar-refractivity contribution in [3.63, 3.8) is 0 Å². The van der Waals surface area contributed by atoms with Crippen molar-refractivity contribution in [2.24, 2.45) is 0 Å². The van der Waals surface area contributed by atoms with Crippen molar-refractivity contribution in [1.82, 2.24) is 10.2 Å². The molecule has 0 amide bonds. The lowest BCUT2D eigenvalue weighted by Crippen LogP contribution is -2.06. The molecule has 0 spiro atoms. The number of nitrogens with one attached hydrogen (secondary N) is 1. The van der Waals surface area contributed by atoms with Crippen LogP contribution in [-0.4, -0.2) is 23.3 Å². The lowest BCUT2D eigenvalue weighted by Gasteiger charge is -2.04. The number of aromatic amines is 1. The molecule has 1 heterocycles. The summed E-state index contributed by atoms with van der Waals surface area (Å²) in [5, 5.41) is 6.69. The zero-order valence-electron chi connectivity index (χ0n) is 8.34. The molecule has 1 aromatic heterocycles. The third-order valence-electron chi connectivity index (χ3n) is 1.95. The molecule has 0 aliphatic heterocycles. The van der Waals surface area contributed by atoms with Crippen molar-refractivity contribution in [3.05, 3.63) is 17.0 Å². The van der Waals surface area contributed by atoms with E-state index in [0.717, 1.165) is 11.3 Å². The van der Waals surface area contributed by atoms with Gasteiger partial charge in [-0.05, 0) is 12.8 Å². The number of carbonyl (C=O) groups excluding carboxylic acids is 1. The Bertz CT molecular complexity index is 315. The first-order valence-corrected chi connectivity index (χ1v) is 4.21. The minimum absolute atomic E-state index is 0.271. The molecule has 1 rings (SSSR count). The Balaban J connectivity index is 3.15. The molecule has 0 fully saturated rings. The van der Waals surface area contributed by atoms with E-state index in [2.05, 4.69) is 14.9 Å². The highest BCUT2D eigenvalue weighted by Gasteiger charge is 2.19. The van der Waals surface area contributed by atoms with Gasteiger partial charge in [0.05, 0.1) is 7.11 Å². The van der Waals surface area contributed by atoms with Crippen LogP contribution in [0.2, 0.25) is 0 Å². The Morgan fingerprint density at radius 1 is 1.54 bits per heavy atom. The van der Waals surface area contributed by atoms with Gasteiger partial charge in [0.1, 0.15) is 0 Å². The number of hydrogen-bond donors (Lipinski definition) is 1. The van der Waals surface area contributed by atoms with E-state index in [1.165, 1.54) is 7.11 Å². The van der Waals surface area contributed by atoms with Crippen molar-refractivity contribution in [2.45, 2.75) is 26.7 Å². The average molecular weight is 182 g/mol. The fourth-order valence-electron chi connectivity index (χ4n) is 1.40. The maximum Gasteiger partial charge on any atom is 0.358 e. The molecular weight excluding hydrogens is 168 g/mol. The van der Waals surface area contributed by atoms with Gasteiger partial charge in [-0.3, -0.25) is 5.10 Å². The van der Waals surface area contributed by atoms with Crippen LogP contribution in [-0.2, 0) is 4.74 Å². The molecule has 0 saturated carbocycles. The summed E-state index contributed by atoms with van der Waals surface area (Å²) in [6.07, 6.45) is 0. The third kappa shape index (κ3) is 1.71. The minimum Gasteiger partial charge on any atom is -0.464 e. The maximum absolute atomic E-state index is 11.2. The summed E-state index contributed by atoms with van der Waals surface area (Å²) in [6.45, 7) is 5.93. The van der Waals surface area contributed by atoms with Gasteiger partial charge in [0.25, 0.3) is 0 Å². The summed E-state index contributed by atoms with van der Waals surface area (Å²) in [5.74, 6) is -0.110. The van der Waals surface area contributed by atoms with Crippen LogP contribution in [0, 0.1) is 6.92 Å². The van der Waals surface area contributed by atoms with Gasteiger partial charge in [-0.2, -0.15) is 5.10 Å². The molecule has 13 heavy (non-hydrogen) atoms. The van der Waals surface area contributed by atoms with E-state index in [-0.39, 0.29) is 11.9 Å². The topological polar surface area (TPSA) is 55.0 Å². The molecule has 4 heteroatoms. The number of aryl methyl sites for hydroxylation is 1. The summed E-state index contributed by atoms with van der Waals surface area (Å²) >= 11 is 0. The molecule has 4 nitrogen and oxygen atoms in total. The van der Waals surface area contributed by atoms with Gasteiger partial charge < -0.3 is 4.74 Å². The second-order valence-electron chi connectivity index (χ2n) is 3.26. The van der Waals surface area contributed by atoms with Crippen LogP contribution in [0.4, 0.5) is 0 Å². The number of methoxy groups -OCH3 is 1. The van der Waals surface area contributed by atoms with Gasteiger partial charge in [0, 0.05) is 11.3 Å². The first kappa shape index (κ1) is 9.77. The smallest absolute Gasteiger partial charge is 0.358 e. The minimum atomic E-state index is -0.381. The van der Waals surface area contributed by atoms with Gasteiger partial charge in [-0.25, -0.2) is 4.79 Å². The van der Waals surface area contributed by atoms with Crippen molar-refractivity contribution < 1.29 is 9.53 Å². The van der Waals surface area contributed by atoms with Crippen LogP contribution in [0.1, 0.15) is 41.5 Å². The zero-order valence-corrected chi connectivity index (χ0v) is 8.34. The number of esters is 1. The molecule has 0 radical (unpaired) electrons. The van der Waals surface area contributed by atoms with Gasteiger partial charge in [0.15, 0.2) is 5.69 Å². The Kier molecular flexibility index (Phi) is 2.70. The predicted octanol–water partition coefficient (Wildman–Crippen LogP) is 1.63. The van der Waals surface area contributed by atoms with Crippen LogP contribution >= 0.6 is 0 Å².